The Balaban J connectivity index is 2.14. The Kier molecular flexibility index (Phi) is 4.33. The smallest absolute Gasteiger partial charge is 0.168 e. The maximum Gasteiger partial charge on any atom is 0.168 e. The molecule has 0 spiro atoms. The lowest BCUT2D eigenvalue weighted by atomic mass is 9.77. The summed E-state index contributed by atoms with van der Waals surface area (Å²) in [5, 5.41) is 0. The van der Waals surface area contributed by atoms with Gasteiger partial charge in [0.05, 0.1) is 5.56 Å². The van der Waals surface area contributed by atoms with E-state index in [1.807, 2.05) is 0 Å². The summed E-state index contributed by atoms with van der Waals surface area (Å²) in [6.07, 6.45) is 4.87. The highest BCUT2D eigenvalue weighted by Crippen LogP contribution is 2.33. The first-order valence-electron chi connectivity index (χ1n) is 7.02. The summed E-state index contributed by atoms with van der Waals surface area (Å²) in [6.45, 7) is 3.72. The van der Waals surface area contributed by atoms with E-state index in [1.54, 1.807) is 6.92 Å². The van der Waals surface area contributed by atoms with Crippen molar-refractivity contribution in [3.8, 4) is 0 Å². The molecule has 0 radical (unpaired) electrons. The molecule has 0 unspecified atom stereocenters. The van der Waals surface area contributed by atoms with E-state index in [-0.39, 0.29) is 17.3 Å². The highest BCUT2D eigenvalue weighted by molar-refractivity contribution is 5.98. The zero-order valence-corrected chi connectivity index (χ0v) is 11.5. The van der Waals surface area contributed by atoms with E-state index in [9.17, 15) is 13.6 Å². The van der Waals surface area contributed by atoms with Crippen LogP contribution in [-0.2, 0) is 0 Å². The Morgan fingerprint density at radius 2 is 1.79 bits per heavy atom. The second kappa shape index (κ2) is 5.81. The zero-order valence-electron chi connectivity index (χ0n) is 11.5. The number of hydrogen-bond donors (Lipinski definition) is 0. The third-order valence-electron chi connectivity index (χ3n) is 4.31. The molecule has 1 aliphatic carbocycles. The van der Waals surface area contributed by atoms with Gasteiger partial charge in [-0.25, -0.2) is 8.78 Å². The van der Waals surface area contributed by atoms with E-state index < -0.39 is 11.6 Å². The van der Waals surface area contributed by atoms with Crippen molar-refractivity contribution in [2.24, 2.45) is 11.8 Å². The average Bonchev–Trinajstić information content (AvgIpc) is 2.42. The van der Waals surface area contributed by atoms with Crippen LogP contribution in [0.2, 0.25) is 0 Å². The zero-order chi connectivity index (χ0) is 14.0. The minimum Gasteiger partial charge on any atom is -0.294 e. The summed E-state index contributed by atoms with van der Waals surface area (Å²) >= 11 is 0. The number of ketones is 1. The van der Waals surface area contributed by atoms with E-state index in [0.717, 1.165) is 38.2 Å². The minimum atomic E-state index is -0.731. The van der Waals surface area contributed by atoms with Crippen LogP contribution in [0.5, 0.6) is 0 Å². The number of Topliss-reactive ketones (excluding diaryl/α,β-unsaturated/α-hetero) is 1. The van der Waals surface area contributed by atoms with Crippen molar-refractivity contribution in [1.82, 2.24) is 0 Å². The van der Waals surface area contributed by atoms with Crippen molar-refractivity contribution in [2.75, 3.05) is 0 Å². The standard InChI is InChI=1S/C16H20F2O/c1-3-11-4-6-12(7-5-11)16(19)13-8-10(2)14(17)9-15(13)18/h8-9,11-12H,3-7H2,1-2H3. The molecule has 0 aromatic heterocycles. The third-order valence-corrected chi connectivity index (χ3v) is 4.31. The lowest BCUT2D eigenvalue weighted by Gasteiger charge is -2.27. The molecule has 1 saturated carbocycles. The second-order valence-corrected chi connectivity index (χ2v) is 5.57. The van der Waals surface area contributed by atoms with Crippen molar-refractivity contribution in [1.29, 1.82) is 0 Å². The second-order valence-electron chi connectivity index (χ2n) is 5.57. The van der Waals surface area contributed by atoms with Crippen LogP contribution in [0, 0.1) is 30.4 Å². The van der Waals surface area contributed by atoms with Crippen molar-refractivity contribution in [3.05, 3.63) is 34.9 Å². The maximum absolute atomic E-state index is 13.7. The Morgan fingerprint density at radius 1 is 1.16 bits per heavy atom. The van der Waals surface area contributed by atoms with Gasteiger partial charge < -0.3 is 0 Å². The maximum atomic E-state index is 13.7. The van der Waals surface area contributed by atoms with Crippen molar-refractivity contribution in [2.45, 2.75) is 46.0 Å². The van der Waals surface area contributed by atoms with Crippen LogP contribution in [0.25, 0.3) is 0 Å². The Bertz CT molecular complexity index is 474. The first kappa shape index (κ1) is 14.2. The number of halogens is 2. The molecule has 19 heavy (non-hydrogen) atoms. The Hall–Kier alpha value is -1.25. The summed E-state index contributed by atoms with van der Waals surface area (Å²) in [4.78, 5) is 12.3. The molecule has 1 aliphatic rings. The van der Waals surface area contributed by atoms with E-state index in [0.29, 0.717) is 11.5 Å². The normalized spacial score (nSPS) is 23.4. The lowest BCUT2D eigenvalue weighted by molar-refractivity contribution is 0.0866. The largest absolute Gasteiger partial charge is 0.294 e. The molecule has 0 atom stereocenters. The molecule has 0 aliphatic heterocycles. The number of aryl methyl sites for hydroxylation is 1. The van der Waals surface area contributed by atoms with Gasteiger partial charge in [-0.1, -0.05) is 13.3 Å². The van der Waals surface area contributed by atoms with E-state index in [4.69, 9.17) is 0 Å². The Labute approximate surface area is 113 Å². The topological polar surface area (TPSA) is 17.1 Å². The molecular weight excluding hydrogens is 246 g/mol. The van der Waals surface area contributed by atoms with Crippen LogP contribution in [0.3, 0.4) is 0 Å². The van der Waals surface area contributed by atoms with Gasteiger partial charge in [0, 0.05) is 12.0 Å². The fourth-order valence-corrected chi connectivity index (χ4v) is 2.90. The highest BCUT2D eigenvalue weighted by atomic mass is 19.1. The minimum absolute atomic E-state index is 0.0545. The molecule has 3 heteroatoms. The fourth-order valence-electron chi connectivity index (χ4n) is 2.90. The predicted molar refractivity (Wildman–Crippen MR) is 71.2 cm³/mol. The molecule has 1 nitrogen and oxygen atoms in total. The fraction of sp³-hybridized carbons (Fsp3) is 0.562. The number of benzene rings is 1. The summed E-state index contributed by atoms with van der Waals surface area (Å²) in [6, 6.07) is 2.17. The van der Waals surface area contributed by atoms with Crippen molar-refractivity contribution in [3.63, 3.8) is 0 Å². The molecule has 104 valence electrons. The van der Waals surface area contributed by atoms with Gasteiger partial charge in [0.2, 0.25) is 0 Å². The van der Waals surface area contributed by atoms with Crippen LogP contribution in [0.4, 0.5) is 8.78 Å². The highest BCUT2D eigenvalue weighted by Gasteiger charge is 2.28. The van der Waals surface area contributed by atoms with Crippen molar-refractivity contribution >= 4 is 5.78 Å². The molecule has 2 rings (SSSR count). The lowest BCUT2D eigenvalue weighted by Crippen LogP contribution is -2.22. The van der Waals surface area contributed by atoms with Crippen LogP contribution in [0.1, 0.15) is 54.9 Å². The molecule has 0 amide bonds. The van der Waals surface area contributed by atoms with E-state index in [2.05, 4.69) is 6.92 Å². The molecule has 1 fully saturated rings. The quantitative estimate of drug-likeness (QED) is 0.726. The van der Waals surface area contributed by atoms with Gasteiger partial charge >= 0.3 is 0 Å². The first-order valence-corrected chi connectivity index (χ1v) is 7.02. The Morgan fingerprint density at radius 3 is 2.37 bits per heavy atom. The molecule has 0 bridgehead atoms. The van der Waals surface area contributed by atoms with Gasteiger partial charge in [-0.3, -0.25) is 4.79 Å². The summed E-state index contributed by atoms with van der Waals surface area (Å²) in [7, 11) is 0. The van der Waals surface area contributed by atoms with Gasteiger partial charge in [-0.15, -0.1) is 0 Å². The van der Waals surface area contributed by atoms with Crippen LogP contribution in [-0.4, -0.2) is 5.78 Å². The van der Waals surface area contributed by atoms with Gasteiger partial charge in [-0.05, 0) is 50.2 Å². The monoisotopic (exact) mass is 266 g/mol. The molecule has 1 aromatic carbocycles. The molecular formula is C16H20F2O. The van der Waals surface area contributed by atoms with Gasteiger partial charge in [0.15, 0.2) is 5.78 Å². The molecule has 0 N–H and O–H groups in total. The summed E-state index contributed by atoms with van der Waals surface area (Å²) in [5.41, 5.74) is 0.380. The molecule has 0 heterocycles. The molecule has 1 aromatic rings. The van der Waals surface area contributed by atoms with Crippen LogP contribution < -0.4 is 0 Å². The number of carbonyl (C=O) groups excluding carboxylic acids is 1. The summed E-state index contributed by atoms with van der Waals surface area (Å²) in [5.74, 6) is -0.879. The van der Waals surface area contributed by atoms with Gasteiger partial charge in [0.25, 0.3) is 0 Å². The average molecular weight is 266 g/mol. The number of rotatable bonds is 3. The SMILES string of the molecule is CCC1CCC(C(=O)c2cc(C)c(F)cc2F)CC1. The van der Waals surface area contributed by atoms with Crippen LogP contribution >= 0.6 is 0 Å². The van der Waals surface area contributed by atoms with E-state index >= 15 is 0 Å². The number of hydrogen-bond acceptors (Lipinski definition) is 1. The first-order chi connectivity index (χ1) is 9.02. The van der Waals surface area contributed by atoms with Crippen molar-refractivity contribution < 1.29 is 13.6 Å². The van der Waals surface area contributed by atoms with E-state index in [1.165, 1.54) is 6.07 Å². The molecule has 0 saturated heterocycles. The van der Waals surface area contributed by atoms with Gasteiger partial charge in [-0.2, -0.15) is 0 Å². The predicted octanol–water partition coefficient (Wildman–Crippen LogP) is 4.67. The van der Waals surface area contributed by atoms with Crippen LogP contribution in [0.15, 0.2) is 12.1 Å². The third kappa shape index (κ3) is 3.02. The summed E-state index contributed by atoms with van der Waals surface area (Å²) < 4.78 is 26.9. The van der Waals surface area contributed by atoms with Gasteiger partial charge in [0.1, 0.15) is 11.6 Å². The number of carbonyl (C=O) groups is 1.